The molecule has 0 bridgehead atoms. The van der Waals surface area contributed by atoms with Gasteiger partial charge in [0.25, 0.3) is 0 Å². The van der Waals surface area contributed by atoms with Crippen LogP contribution in [0.25, 0.3) is 0 Å². The van der Waals surface area contributed by atoms with Gasteiger partial charge in [-0.3, -0.25) is 0 Å². The Kier molecular flexibility index (Phi) is 6.43. The Hall–Kier alpha value is -1.46. The number of benzene rings is 1. The number of nitrogens with one attached hydrogen (secondary N) is 1. The van der Waals surface area contributed by atoms with Gasteiger partial charge in [0.15, 0.2) is 0 Å². The molecule has 1 aliphatic heterocycles. The van der Waals surface area contributed by atoms with Crippen LogP contribution in [-0.4, -0.2) is 52.6 Å². The van der Waals surface area contributed by atoms with E-state index in [4.69, 9.17) is 14.2 Å². The number of rotatable bonds is 6. The first kappa shape index (κ1) is 18.3. The summed E-state index contributed by atoms with van der Waals surface area (Å²) in [5.74, 6) is 1.70. The summed E-state index contributed by atoms with van der Waals surface area (Å²) in [5, 5.41) is 3.89. The molecule has 2 fully saturated rings. The predicted molar refractivity (Wildman–Crippen MR) is 101 cm³/mol. The number of methoxy groups -OCH3 is 3. The largest absolute Gasteiger partial charge is 0.497 e. The summed E-state index contributed by atoms with van der Waals surface area (Å²) >= 11 is 0. The number of piperidine rings is 1. The van der Waals surface area contributed by atoms with Crippen LogP contribution in [0.1, 0.15) is 38.5 Å². The zero-order valence-electron chi connectivity index (χ0n) is 15.8. The van der Waals surface area contributed by atoms with Gasteiger partial charge in [-0.25, -0.2) is 0 Å². The molecular formula is C20H32N2O3. The van der Waals surface area contributed by atoms with Gasteiger partial charge < -0.3 is 24.4 Å². The lowest BCUT2D eigenvalue weighted by Gasteiger charge is -2.37. The first-order valence-electron chi connectivity index (χ1n) is 9.48. The van der Waals surface area contributed by atoms with Crippen molar-refractivity contribution in [3.05, 3.63) is 18.2 Å². The molecule has 0 atom stereocenters. The van der Waals surface area contributed by atoms with Crippen molar-refractivity contribution in [3.63, 3.8) is 0 Å². The SMILES string of the molecule is COc1cc(OC)cc(N2CCC(NC3CCC(OC)CC3)CC2)c1. The van der Waals surface area contributed by atoms with Crippen LogP contribution in [0.4, 0.5) is 5.69 Å². The van der Waals surface area contributed by atoms with E-state index in [1.165, 1.54) is 44.2 Å². The summed E-state index contributed by atoms with van der Waals surface area (Å²) in [7, 11) is 5.24. The van der Waals surface area contributed by atoms with Crippen LogP contribution in [0.15, 0.2) is 18.2 Å². The fourth-order valence-electron chi connectivity index (χ4n) is 4.08. The Balaban J connectivity index is 1.50. The standard InChI is InChI=1S/C20H32N2O3/c1-23-18-6-4-15(5-7-18)21-16-8-10-22(11-9-16)17-12-19(24-2)14-20(13-17)25-3/h12-16,18,21H,4-11H2,1-3H3. The zero-order valence-corrected chi connectivity index (χ0v) is 15.8. The van der Waals surface area contributed by atoms with Gasteiger partial charge in [-0.05, 0) is 38.5 Å². The van der Waals surface area contributed by atoms with E-state index in [1.807, 2.05) is 13.2 Å². The highest BCUT2D eigenvalue weighted by Crippen LogP contribution is 2.30. The molecule has 2 aliphatic rings. The molecule has 0 aromatic heterocycles. The molecule has 5 nitrogen and oxygen atoms in total. The molecule has 25 heavy (non-hydrogen) atoms. The van der Waals surface area contributed by atoms with Gasteiger partial charge in [0, 0.05) is 56.2 Å². The lowest BCUT2D eigenvalue weighted by molar-refractivity contribution is 0.0606. The van der Waals surface area contributed by atoms with Gasteiger partial charge in [-0.2, -0.15) is 0 Å². The van der Waals surface area contributed by atoms with Crippen LogP contribution in [0.3, 0.4) is 0 Å². The fraction of sp³-hybridized carbons (Fsp3) is 0.700. The van der Waals surface area contributed by atoms with E-state index >= 15 is 0 Å². The third-order valence-electron chi connectivity index (χ3n) is 5.68. The van der Waals surface area contributed by atoms with E-state index in [0.29, 0.717) is 18.2 Å². The monoisotopic (exact) mass is 348 g/mol. The Morgan fingerprint density at radius 3 is 1.88 bits per heavy atom. The highest BCUT2D eigenvalue weighted by atomic mass is 16.5. The van der Waals surface area contributed by atoms with Crippen LogP contribution in [0.2, 0.25) is 0 Å². The summed E-state index contributed by atoms with van der Waals surface area (Å²) in [6.07, 6.45) is 7.71. The molecule has 140 valence electrons. The second-order valence-corrected chi connectivity index (χ2v) is 7.21. The summed E-state index contributed by atoms with van der Waals surface area (Å²) in [6.45, 7) is 2.14. The van der Waals surface area contributed by atoms with Crippen molar-refractivity contribution < 1.29 is 14.2 Å². The van der Waals surface area contributed by atoms with E-state index in [1.54, 1.807) is 14.2 Å². The Morgan fingerprint density at radius 1 is 0.800 bits per heavy atom. The minimum atomic E-state index is 0.475. The van der Waals surface area contributed by atoms with Crippen molar-refractivity contribution >= 4 is 5.69 Å². The number of ether oxygens (including phenoxy) is 3. The van der Waals surface area contributed by atoms with E-state index < -0.39 is 0 Å². The highest BCUT2D eigenvalue weighted by molar-refractivity contribution is 5.56. The van der Waals surface area contributed by atoms with Crippen molar-refractivity contribution in [1.29, 1.82) is 0 Å². The predicted octanol–water partition coefficient (Wildman–Crippen LogP) is 3.22. The van der Waals surface area contributed by atoms with E-state index in [-0.39, 0.29) is 0 Å². The lowest BCUT2D eigenvalue weighted by atomic mass is 9.91. The van der Waals surface area contributed by atoms with Gasteiger partial charge in [0.1, 0.15) is 11.5 Å². The Morgan fingerprint density at radius 2 is 1.36 bits per heavy atom. The maximum Gasteiger partial charge on any atom is 0.124 e. The van der Waals surface area contributed by atoms with Crippen LogP contribution in [-0.2, 0) is 4.74 Å². The van der Waals surface area contributed by atoms with Crippen LogP contribution in [0.5, 0.6) is 11.5 Å². The van der Waals surface area contributed by atoms with Crippen molar-refractivity contribution in [1.82, 2.24) is 5.32 Å². The van der Waals surface area contributed by atoms with Gasteiger partial charge >= 0.3 is 0 Å². The van der Waals surface area contributed by atoms with Crippen LogP contribution >= 0.6 is 0 Å². The minimum absolute atomic E-state index is 0.475. The molecule has 0 radical (unpaired) electrons. The number of anilines is 1. The van der Waals surface area contributed by atoms with Crippen molar-refractivity contribution in [2.45, 2.75) is 56.7 Å². The number of hydrogen-bond acceptors (Lipinski definition) is 5. The maximum atomic E-state index is 5.48. The molecule has 1 aromatic carbocycles. The Bertz CT molecular complexity index is 513. The fourth-order valence-corrected chi connectivity index (χ4v) is 4.08. The molecular weight excluding hydrogens is 316 g/mol. The maximum absolute atomic E-state index is 5.48. The quantitative estimate of drug-likeness (QED) is 0.855. The van der Waals surface area contributed by atoms with Gasteiger partial charge in [0.2, 0.25) is 0 Å². The molecule has 1 N–H and O–H groups in total. The zero-order chi connectivity index (χ0) is 17.6. The number of nitrogens with zero attached hydrogens (tertiary/aromatic N) is 1. The summed E-state index contributed by atoms with van der Waals surface area (Å²) in [5.41, 5.74) is 1.19. The molecule has 0 spiro atoms. The second-order valence-electron chi connectivity index (χ2n) is 7.21. The van der Waals surface area contributed by atoms with Gasteiger partial charge in [0.05, 0.1) is 20.3 Å². The first-order chi connectivity index (χ1) is 12.2. The first-order valence-corrected chi connectivity index (χ1v) is 9.48. The van der Waals surface area contributed by atoms with E-state index in [2.05, 4.69) is 22.3 Å². The summed E-state index contributed by atoms with van der Waals surface area (Å²) in [4.78, 5) is 2.44. The van der Waals surface area contributed by atoms with Crippen molar-refractivity contribution in [2.75, 3.05) is 39.3 Å². The third kappa shape index (κ3) is 4.79. The number of hydrogen-bond donors (Lipinski definition) is 1. The van der Waals surface area contributed by atoms with Crippen LogP contribution in [0, 0.1) is 0 Å². The molecule has 1 saturated heterocycles. The third-order valence-corrected chi connectivity index (χ3v) is 5.68. The molecule has 5 heteroatoms. The minimum Gasteiger partial charge on any atom is -0.497 e. The molecule has 0 amide bonds. The van der Waals surface area contributed by atoms with Crippen LogP contribution < -0.4 is 19.7 Å². The lowest BCUT2D eigenvalue weighted by Crippen LogP contribution is -2.47. The van der Waals surface area contributed by atoms with E-state index in [9.17, 15) is 0 Å². The van der Waals surface area contributed by atoms with Crippen molar-refractivity contribution in [2.24, 2.45) is 0 Å². The topological polar surface area (TPSA) is 43.0 Å². The summed E-state index contributed by atoms with van der Waals surface area (Å²) < 4.78 is 16.3. The molecule has 3 rings (SSSR count). The average Bonchev–Trinajstić information content (AvgIpc) is 2.68. The van der Waals surface area contributed by atoms with Crippen molar-refractivity contribution in [3.8, 4) is 11.5 Å². The highest BCUT2D eigenvalue weighted by Gasteiger charge is 2.25. The molecule has 1 aromatic rings. The molecule has 1 saturated carbocycles. The van der Waals surface area contributed by atoms with E-state index in [0.717, 1.165) is 24.6 Å². The molecule has 1 heterocycles. The van der Waals surface area contributed by atoms with Gasteiger partial charge in [-0.1, -0.05) is 0 Å². The second kappa shape index (κ2) is 8.77. The molecule has 1 aliphatic carbocycles. The molecule has 0 unspecified atom stereocenters. The Labute approximate surface area is 151 Å². The smallest absolute Gasteiger partial charge is 0.124 e. The van der Waals surface area contributed by atoms with Gasteiger partial charge in [-0.15, -0.1) is 0 Å². The summed E-state index contributed by atoms with van der Waals surface area (Å²) in [6, 6.07) is 7.42. The normalized spacial score (nSPS) is 25.0. The average molecular weight is 348 g/mol.